The SMILES string of the molecule is COc1ccc(C(=O)N2CCNC(=O)[C@@H](CC(C)C)NC(=O)[C@H]([C@@H](C)O)NC(=O)c3ccc(c(Cl)c3)OCCCn3cc(nn3)CC2)cc1. The largest absolute Gasteiger partial charge is 0.497 e. The van der Waals surface area contributed by atoms with Gasteiger partial charge in [0.15, 0.2) is 0 Å². The van der Waals surface area contributed by atoms with Gasteiger partial charge in [-0.1, -0.05) is 30.7 Å². The zero-order valence-electron chi connectivity index (χ0n) is 28.1. The van der Waals surface area contributed by atoms with Crippen LogP contribution in [-0.4, -0.2) is 100 Å². The molecule has 0 saturated heterocycles. The van der Waals surface area contributed by atoms with Gasteiger partial charge in [0.05, 0.1) is 30.5 Å². The lowest BCUT2D eigenvalue weighted by Gasteiger charge is -2.26. The van der Waals surface area contributed by atoms with E-state index < -0.39 is 35.9 Å². The molecule has 0 fully saturated rings. The number of aryl methyl sites for hydroxylation is 1. The monoisotopic (exact) mass is 697 g/mol. The number of carbonyl (C=O) groups is 4. The zero-order valence-corrected chi connectivity index (χ0v) is 28.9. The number of nitrogens with zero attached hydrogens (tertiary/aromatic N) is 4. The summed E-state index contributed by atoms with van der Waals surface area (Å²) in [6.07, 6.45) is 1.84. The van der Waals surface area contributed by atoms with Gasteiger partial charge < -0.3 is 35.4 Å². The maximum atomic E-state index is 13.6. The van der Waals surface area contributed by atoms with Gasteiger partial charge in [-0.2, -0.15) is 0 Å². The molecule has 1 aromatic heterocycles. The van der Waals surface area contributed by atoms with Gasteiger partial charge >= 0.3 is 0 Å². The number of rotatable bonds is 5. The van der Waals surface area contributed by atoms with Crippen LogP contribution in [0, 0.1) is 5.92 Å². The lowest BCUT2D eigenvalue weighted by Crippen LogP contribution is -2.57. The number of ether oxygens (including phenoxy) is 2. The molecule has 0 aliphatic carbocycles. The average molecular weight is 698 g/mol. The second kappa shape index (κ2) is 17.6. The Kier molecular flexibility index (Phi) is 13.4. The van der Waals surface area contributed by atoms with E-state index in [1.807, 2.05) is 20.0 Å². The maximum absolute atomic E-state index is 13.6. The highest BCUT2D eigenvalue weighted by Gasteiger charge is 2.31. The molecule has 2 aliphatic rings. The summed E-state index contributed by atoms with van der Waals surface area (Å²) in [7, 11) is 1.55. The number of aromatic nitrogens is 3. The highest BCUT2D eigenvalue weighted by molar-refractivity contribution is 6.32. The normalized spacial score (nSPS) is 19.2. The molecule has 3 heterocycles. The number of methoxy groups -OCH3 is 1. The fourth-order valence-electron chi connectivity index (χ4n) is 5.24. The van der Waals surface area contributed by atoms with Crippen LogP contribution < -0.4 is 25.4 Å². The summed E-state index contributed by atoms with van der Waals surface area (Å²) in [5.74, 6) is -1.06. The van der Waals surface area contributed by atoms with E-state index in [0.717, 1.165) is 0 Å². The van der Waals surface area contributed by atoms with Crippen LogP contribution in [0.1, 0.15) is 60.0 Å². The second-order valence-electron chi connectivity index (χ2n) is 12.3. The third kappa shape index (κ3) is 10.6. The van der Waals surface area contributed by atoms with Crippen molar-refractivity contribution in [3.8, 4) is 11.5 Å². The van der Waals surface area contributed by atoms with Gasteiger partial charge in [-0.25, -0.2) is 0 Å². The highest BCUT2D eigenvalue weighted by atomic mass is 35.5. The van der Waals surface area contributed by atoms with Crippen LogP contribution in [0.15, 0.2) is 48.7 Å². The zero-order chi connectivity index (χ0) is 35.5. The number of halogens is 1. The van der Waals surface area contributed by atoms with Crippen molar-refractivity contribution in [3.05, 3.63) is 70.5 Å². The molecule has 4 amide bonds. The molecular formula is C34H44ClN7O7. The van der Waals surface area contributed by atoms with E-state index in [4.69, 9.17) is 21.1 Å². The molecule has 264 valence electrons. The van der Waals surface area contributed by atoms with Crippen molar-refractivity contribution in [1.29, 1.82) is 0 Å². The Labute approximate surface area is 290 Å². The summed E-state index contributed by atoms with van der Waals surface area (Å²) in [5, 5.41) is 27.2. The fraction of sp³-hybridized carbons (Fsp3) is 0.471. The van der Waals surface area contributed by atoms with Gasteiger partial charge in [0.1, 0.15) is 23.6 Å². The molecule has 3 aromatic rings. The van der Waals surface area contributed by atoms with Gasteiger partial charge in [0.25, 0.3) is 11.8 Å². The molecule has 49 heavy (non-hydrogen) atoms. The summed E-state index contributed by atoms with van der Waals surface area (Å²) in [6, 6.07) is 8.92. The molecule has 14 nitrogen and oxygen atoms in total. The van der Waals surface area contributed by atoms with Crippen molar-refractivity contribution < 1.29 is 33.8 Å². The minimum Gasteiger partial charge on any atom is -0.497 e. The van der Waals surface area contributed by atoms with Crippen LogP contribution in [-0.2, 0) is 22.6 Å². The molecule has 5 rings (SSSR count). The third-order valence-electron chi connectivity index (χ3n) is 7.90. The first-order valence-corrected chi connectivity index (χ1v) is 16.6. The Morgan fingerprint density at radius 1 is 1.06 bits per heavy atom. The minimum absolute atomic E-state index is 0.0203. The topological polar surface area (TPSA) is 177 Å². The molecule has 0 unspecified atom stereocenters. The Balaban J connectivity index is 1.58. The van der Waals surface area contributed by atoms with Crippen molar-refractivity contribution in [3.63, 3.8) is 0 Å². The maximum Gasteiger partial charge on any atom is 0.253 e. The smallest absolute Gasteiger partial charge is 0.253 e. The molecule has 3 atom stereocenters. The van der Waals surface area contributed by atoms with Crippen LogP contribution >= 0.6 is 11.6 Å². The number of fused-ring (bicyclic) bond motifs is 17. The second-order valence-corrected chi connectivity index (χ2v) is 12.7. The van der Waals surface area contributed by atoms with Crippen LogP contribution in [0.4, 0.5) is 0 Å². The van der Waals surface area contributed by atoms with Crippen LogP contribution in [0.2, 0.25) is 5.02 Å². The lowest BCUT2D eigenvalue weighted by atomic mass is 10.0. The Morgan fingerprint density at radius 3 is 2.49 bits per heavy atom. The van der Waals surface area contributed by atoms with E-state index in [1.165, 1.54) is 19.1 Å². The number of hydrogen-bond donors (Lipinski definition) is 4. The van der Waals surface area contributed by atoms with E-state index in [9.17, 15) is 24.3 Å². The van der Waals surface area contributed by atoms with Gasteiger partial charge in [-0.15, -0.1) is 5.10 Å². The summed E-state index contributed by atoms with van der Waals surface area (Å²) in [4.78, 5) is 55.1. The van der Waals surface area contributed by atoms with Crippen molar-refractivity contribution in [2.45, 2.75) is 64.8 Å². The van der Waals surface area contributed by atoms with Gasteiger partial charge in [0, 0.05) is 56.3 Å². The molecule has 0 radical (unpaired) electrons. The van der Waals surface area contributed by atoms with Crippen molar-refractivity contribution in [2.75, 3.05) is 33.4 Å². The Bertz CT molecular complexity index is 1600. The molecule has 0 spiro atoms. The first-order valence-electron chi connectivity index (χ1n) is 16.3. The van der Waals surface area contributed by atoms with E-state index in [2.05, 4.69) is 26.3 Å². The van der Waals surface area contributed by atoms with Gasteiger partial charge in [0.2, 0.25) is 11.8 Å². The summed E-state index contributed by atoms with van der Waals surface area (Å²) in [6.45, 7) is 6.60. The number of nitrogens with one attached hydrogen (secondary N) is 3. The average Bonchev–Trinajstić information content (AvgIpc) is 3.53. The molecule has 0 saturated carbocycles. The first-order chi connectivity index (χ1) is 23.4. The number of benzene rings is 2. The Morgan fingerprint density at radius 2 is 1.82 bits per heavy atom. The van der Waals surface area contributed by atoms with Crippen molar-refractivity contribution >= 4 is 35.2 Å². The highest BCUT2D eigenvalue weighted by Crippen LogP contribution is 2.26. The lowest BCUT2D eigenvalue weighted by molar-refractivity contribution is -0.131. The molecule has 2 aliphatic heterocycles. The Hall–Kier alpha value is -4.69. The van der Waals surface area contributed by atoms with Crippen LogP contribution in [0.25, 0.3) is 0 Å². The molecule has 4 bridgehead atoms. The number of aliphatic hydroxyl groups is 1. The fourth-order valence-corrected chi connectivity index (χ4v) is 5.48. The standard InChI is InChI=1S/C34H44ClN7O7/c1-21(2)18-28-32(45)36-13-16-41(34(47)23-6-9-26(48-4)10-7-23)15-12-25-20-42(40-39-25)14-5-17-49-29-11-8-24(19-27(29)35)31(44)38-30(22(3)43)33(46)37-28/h6-11,19-22,28,30,43H,5,12-18H2,1-4H3,(H,36,45)(H,37,46)(H,38,44)/t22-,28-,30+/m1/s1. The van der Waals surface area contributed by atoms with Crippen molar-refractivity contribution in [1.82, 2.24) is 35.8 Å². The van der Waals surface area contributed by atoms with E-state index >= 15 is 0 Å². The molecular weight excluding hydrogens is 654 g/mol. The quantitative estimate of drug-likeness (QED) is 0.291. The predicted octanol–water partition coefficient (Wildman–Crippen LogP) is 2.23. The van der Waals surface area contributed by atoms with E-state index in [0.29, 0.717) is 61.7 Å². The number of carbonyl (C=O) groups excluding carboxylic acids is 4. The van der Waals surface area contributed by atoms with Crippen molar-refractivity contribution in [2.24, 2.45) is 5.92 Å². The molecule has 15 heteroatoms. The summed E-state index contributed by atoms with van der Waals surface area (Å²) < 4.78 is 12.7. The first kappa shape index (κ1) is 37.1. The number of hydrogen-bond acceptors (Lipinski definition) is 9. The van der Waals surface area contributed by atoms with E-state index in [-0.39, 0.29) is 35.5 Å². The molecule has 4 N–H and O–H groups in total. The minimum atomic E-state index is -1.36. The summed E-state index contributed by atoms with van der Waals surface area (Å²) >= 11 is 6.40. The van der Waals surface area contributed by atoms with Gasteiger partial charge in [-0.3, -0.25) is 23.9 Å². The van der Waals surface area contributed by atoms with Crippen LogP contribution in [0.5, 0.6) is 11.5 Å². The molecule has 2 aromatic carbocycles. The van der Waals surface area contributed by atoms with E-state index in [1.54, 1.807) is 47.0 Å². The predicted molar refractivity (Wildman–Crippen MR) is 182 cm³/mol. The number of aliphatic hydroxyl groups excluding tert-OH is 1. The van der Waals surface area contributed by atoms with Gasteiger partial charge in [-0.05, 0) is 61.7 Å². The summed E-state index contributed by atoms with van der Waals surface area (Å²) in [5.41, 5.74) is 1.30. The van der Waals surface area contributed by atoms with Crippen LogP contribution in [0.3, 0.4) is 0 Å². The third-order valence-corrected chi connectivity index (χ3v) is 8.20. The number of amides is 4.